The summed E-state index contributed by atoms with van der Waals surface area (Å²) in [5.74, 6) is -1.92. The van der Waals surface area contributed by atoms with Crippen LogP contribution in [-0.2, 0) is 0 Å². The molecule has 0 saturated heterocycles. The van der Waals surface area contributed by atoms with Crippen LogP contribution in [0, 0.1) is 5.82 Å². The molecule has 0 unspecified atom stereocenters. The molecule has 0 spiro atoms. The molecule has 2 rings (SSSR count). The Kier molecular flexibility index (Phi) is 4.01. The van der Waals surface area contributed by atoms with E-state index in [0.29, 0.717) is 15.2 Å². The highest BCUT2D eigenvalue weighted by molar-refractivity contribution is 9.10. The second kappa shape index (κ2) is 5.54. The minimum absolute atomic E-state index is 0.0527. The summed E-state index contributed by atoms with van der Waals surface area (Å²) in [6, 6.07) is 5.84. The van der Waals surface area contributed by atoms with Crippen LogP contribution < -0.4 is 5.32 Å². The first kappa shape index (κ1) is 13.8. The van der Waals surface area contributed by atoms with Gasteiger partial charge in [-0.05, 0) is 40.2 Å². The Bertz CT molecular complexity index is 652. The molecular formula is C12H7BrClFN2O2. The van der Waals surface area contributed by atoms with Gasteiger partial charge in [-0.1, -0.05) is 11.6 Å². The summed E-state index contributed by atoms with van der Waals surface area (Å²) in [6.07, 6.45) is 0.943. The maximum atomic E-state index is 13.0. The number of nitrogens with one attached hydrogen (secondary N) is 1. The SMILES string of the molecule is O=C(O)c1cc(F)cnc1Nc1ccc(Cl)cc1Br. The number of carboxylic acids is 1. The molecule has 1 heterocycles. The third kappa shape index (κ3) is 3.21. The third-order valence-electron chi connectivity index (χ3n) is 2.27. The summed E-state index contributed by atoms with van der Waals surface area (Å²) in [6.45, 7) is 0. The molecule has 0 aliphatic carbocycles. The maximum absolute atomic E-state index is 13.0. The van der Waals surface area contributed by atoms with Crippen LogP contribution in [0.25, 0.3) is 0 Å². The van der Waals surface area contributed by atoms with Gasteiger partial charge in [0.25, 0.3) is 0 Å². The quantitative estimate of drug-likeness (QED) is 0.880. The zero-order chi connectivity index (χ0) is 14.0. The molecular weight excluding hydrogens is 338 g/mol. The van der Waals surface area contributed by atoms with E-state index in [2.05, 4.69) is 26.2 Å². The standard InChI is InChI=1S/C12H7BrClFN2O2/c13-9-3-6(14)1-2-10(9)17-11-8(12(18)19)4-7(15)5-16-11/h1-5H,(H,16,17)(H,18,19). The molecule has 0 amide bonds. The summed E-state index contributed by atoms with van der Waals surface area (Å²) in [5, 5.41) is 12.3. The van der Waals surface area contributed by atoms with E-state index in [-0.39, 0.29) is 11.4 Å². The monoisotopic (exact) mass is 344 g/mol. The van der Waals surface area contributed by atoms with Gasteiger partial charge in [0.2, 0.25) is 0 Å². The Morgan fingerprint density at radius 2 is 2.16 bits per heavy atom. The second-order valence-corrected chi connectivity index (χ2v) is 4.89. The number of carbonyl (C=O) groups is 1. The number of aromatic nitrogens is 1. The Morgan fingerprint density at radius 1 is 1.42 bits per heavy atom. The lowest BCUT2D eigenvalue weighted by molar-refractivity contribution is 0.0697. The molecule has 2 aromatic rings. The third-order valence-corrected chi connectivity index (χ3v) is 3.16. The van der Waals surface area contributed by atoms with Gasteiger partial charge in [0.1, 0.15) is 17.2 Å². The van der Waals surface area contributed by atoms with E-state index < -0.39 is 11.8 Å². The number of benzene rings is 1. The zero-order valence-electron chi connectivity index (χ0n) is 9.32. The van der Waals surface area contributed by atoms with Crippen LogP contribution in [-0.4, -0.2) is 16.1 Å². The van der Waals surface area contributed by atoms with Crippen LogP contribution in [0.5, 0.6) is 0 Å². The van der Waals surface area contributed by atoms with Gasteiger partial charge in [-0.3, -0.25) is 0 Å². The van der Waals surface area contributed by atoms with E-state index in [1.165, 1.54) is 0 Å². The van der Waals surface area contributed by atoms with Gasteiger partial charge in [-0.2, -0.15) is 0 Å². The van der Waals surface area contributed by atoms with Gasteiger partial charge in [0.15, 0.2) is 0 Å². The van der Waals surface area contributed by atoms with Gasteiger partial charge in [0.05, 0.1) is 11.9 Å². The fraction of sp³-hybridized carbons (Fsp3) is 0. The number of anilines is 2. The predicted molar refractivity (Wildman–Crippen MR) is 73.6 cm³/mol. The van der Waals surface area contributed by atoms with Crippen molar-refractivity contribution in [2.75, 3.05) is 5.32 Å². The Morgan fingerprint density at radius 3 is 2.79 bits per heavy atom. The predicted octanol–water partition coefficient (Wildman–Crippen LogP) is 4.08. The van der Waals surface area contributed by atoms with Crippen molar-refractivity contribution >= 4 is 45.0 Å². The highest BCUT2D eigenvalue weighted by atomic mass is 79.9. The van der Waals surface area contributed by atoms with E-state index in [9.17, 15) is 9.18 Å². The average molecular weight is 346 g/mol. The summed E-state index contributed by atoms with van der Waals surface area (Å²) in [4.78, 5) is 14.8. The lowest BCUT2D eigenvalue weighted by Gasteiger charge is -2.10. The van der Waals surface area contributed by atoms with Crippen LogP contribution in [0.15, 0.2) is 34.9 Å². The molecule has 0 aliphatic rings. The molecule has 0 radical (unpaired) electrons. The number of nitrogens with zero attached hydrogens (tertiary/aromatic N) is 1. The smallest absolute Gasteiger partial charge is 0.339 e. The molecule has 4 nitrogen and oxygen atoms in total. The first-order valence-electron chi connectivity index (χ1n) is 5.08. The Balaban J connectivity index is 2.40. The highest BCUT2D eigenvalue weighted by Crippen LogP contribution is 2.29. The largest absolute Gasteiger partial charge is 0.478 e. The van der Waals surface area contributed by atoms with E-state index in [1.807, 2.05) is 0 Å². The van der Waals surface area contributed by atoms with Crippen LogP contribution in [0.1, 0.15) is 10.4 Å². The first-order valence-corrected chi connectivity index (χ1v) is 6.25. The van der Waals surface area contributed by atoms with Gasteiger partial charge in [-0.15, -0.1) is 0 Å². The van der Waals surface area contributed by atoms with Gasteiger partial charge < -0.3 is 10.4 Å². The number of hydrogen-bond acceptors (Lipinski definition) is 3. The zero-order valence-corrected chi connectivity index (χ0v) is 11.7. The fourth-order valence-electron chi connectivity index (χ4n) is 1.42. The van der Waals surface area contributed by atoms with E-state index >= 15 is 0 Å². The molecule has 2 N–H and O–H groups in total. The maximum Gasteiger partial charge on any atom is 0.339 e. The fourth-order valence-corrected chi connectivity index (χ4v) is 2.20. The Labute approximate surface area is 121 Å². The second-order valence-electron chi connectivity index (χ2n) is 3.60. The molecule has 0 saturated carbocycles. The number of rotatable bonds is 3. The number of hydrogen-bond donors (Lipinski definition) is 2. The van der Waals surface area contributed by atoms with Crippen molar-refractivity contribution in [3.05, 3.63) is 51.3 Å². The highest BCUT2D eigenvalue weighted by Gasteiger charge is 2.14. The number of halogens is 3. The number of carboxylic acid groups (broad SMARTS) is 1. The topological polar surface area (TPSA) is 62.2 Å². The summed E-state index contributed by atoms with van der Waals surface area (Å²) >= 11 is 9.09. The molecule has 0 atom stereocenters. The van der Waals surface area contributed by atoms with Gasteiger partial charge >= 0.3 is 5.97 Å². The molecule has 0 aliphatic heterocycles. The molecule has 7 heteroatoms. The average Bonchev–Trinajstić information content (AvgIpc) is 2.34. The summed E-state index contributed by atoms with van der Waals surface area (Å²) in [7, 11) is 0. The van der Waals surface area contributed by atoms with E-state index in [1.54, 1.807) is 18.2 Å². The van der Waals surface area contributed by atoms with Crippen molar-refractivity contribution in [2.45, 2.75) is 0 Å². The van der Waals surface area contributed by atoms with Crippen LogP contribution >= 0.6 is 27.5 Å². The van der Waals surface area contributed by atoms with E-state index in [0.717, 1.165) is 12.3 Å². The van der Waals surface area contributed by atoms with Gasteiger partial charge in [0, 0.05) is 9.50 Å². The van der Waals surface area contributed by atoms with E-state index in [4.69, 9.17) is 16.7 Å². The van der Waals surface area contributed by atoms with Crippen molar-refractivity contribution in [1.29, 1.82) is 0 Å². The molecule has 1 aromatic carbocycles. The number of aromatic carboxylic acids is 1. The molecule has 0 bridgehead atoms. The van der Waals surface area contributed by atoms with Crippen molar-refractivity contribution < 1.29 is 14.3 Å². The normalized spacial score (nSPS) is 10.3. The van der Waals surface area contributed by atoms with Gasteiger partial charge in [-0.25, -0.2) is 14.2 Å². The molecule has 0 fully saturated rings. The summed E-state index contributed by atoms with van der Waals surface area (Å²) in [5.41, 5.74) is 0.327. The summed E-state index contributed by atoms with van der Waals surface area (Å²) < 4.78 is 13.6. The first-order chi connectivity index (χ1) is 8.97. The van der Waals surface area contributed by atoms with Crippen molar-refractivity contribution in [1.82, 2.24) is 4.98 Å². The van der Waals surface area contributed by atoms with Crippen LogP contribution in [0.4, 0.5) is 15.9 Å². The van der Waals surface area contributed by atoms with Crippen molar-refractivity contribution in [2.24, 2.45) is 0 Å². The molecule has 19 heavy (non-hydrogen) atoms. The minimum atomic E-state index is -1.26. The molecule has 98 valence electrons. The van der Waals surface area contributed by atoms with Crippen molar-refractivity contribution in [3.8, 4) is 0 Å². The number of pyridine rings is 1. The molecule has 1 aromatic heterocycles. The van der Waals surface area contributed by atoms with Crippen LogP contribution in [0.3, 0.4) is 0 Å². The lowest BCUT2D eigenvalue weighted by Crippen LogP contribution is -2.06. The Hall–Kier alpha value is -1.66. The minimum Gasteiger partial charge on any atom is -0.478 e. The van der Waals surface area contributed by atoms with Crippen LogP contribution in [0.2, 0.25) is 5.02 Å². The lowest BCUT2D eigenvalue weighted by atomic mass is 10.2. The van der Waals surface area contributed by atoms with Crippen molar-refractivity contribution in [3.63, 3.8) is 0 Å².